The standard InChI is InChI=1S/C14H18O/c1-3-4-9-14(15)11-10-13-8-6-5-7-12(13)2/h1,5-8,14-15H,4,9-11H2,2H3. The Hall–Kier alpha value is -1.26. The molecule has 1 rings (SSSR count). The van der Waals surface area contributed by atoms with E-state index in [1.54, 1.807) is 0 Å². The molecule has 1 atom stereocenters. The van der Waals surface area contributed by atoms with Crippen LogP contribution in [0.4, 0.5) is 0 Å². The van der Waals surface area contributed by atoms with E-state index in [1.165, 1.54) is 11.1 Å². The van der Waals surface area contributed by atoms with E-state index in [0.717, 1.165) is 12.8 Å². The molecule has 1 unspecified atom stereocenters. The summed E-state index contributed by atoms with van der Waals surface area (Å²) < 4.78 is 0. The van der Waals surface area contributed by atoms with E-state index in [-0.39, 0.29) is 6.10 Å². The normalized spacial score (nSPS) is 12.1. The van der Waals surface area contributed by atoms with Crippen LogP contribution < -0.4 is 0 Å². The molecule has 1 heteroatoms. The molecule has 1 N–H and O–H groups in total. The lowest BCUT2D eigenvalue weighted by Gasteiger charge is -2.10. The minimum atomic E-state index is -0.263. The Bertz CT molecular complexity index is 335. The van der Waals surface area contributed by atoms with Crippen molar-refractivity contribution in [3.63, 3.8) is 0 Å². The zero-order valence-corrected chi connectivity index (χ0v) is 9.24. The van der Waals surface area contributed by atoms with Gasteiger partial charge in [0.15, 0.2) is 0 Å². The smallest absolute Gasteiger partial charge is 0.0552 e. The van der Waals surface area contributed by atoms with Gasteiger partial charge in [0.05, 0.1) is 6.10 Å². The van der Waals surface area contributed by atoms with Gasteiger partial charge in [0.1, 0.15) is 0 Å². The summed E-state index contributed by atoms with van der Waals surface area (Å²) in [4.78, 5) is 0. The van der Waals surface area contributed by atoms with Crippen molar-refractivity contribution in [2.24, 2.45) is 0 Å². The molecule has 1 aromatic carbocycles. The maximum atomic E-state index is 9.64. The molecule has 1 aromatic rings. The van der Waals surface area contributed by atoms with Gasteiger partial charge in [0.25, 0.3) is 0 Å². The molecule has 0 bridgehead atoms. The van der Waals surface area contributed by atoms with Crippen LogP contribution in [-0.2, 0) is 6.42 Å². The molecule has 0 saturated carbocycles. The summed E-state index contributed by atoms with van der Waals surface area (Å²) in [5, 5.41) is 9.64. The summed E-state index contributed by atoms with van der Waals surface area (Å²) in [7, 11) is 0. The van der Waals surface area contributed by atoms with Crippen LogP contribution in [0.2, 0.25) is 0 Å². The van der Waals surface area contributed by atoms with Crippen LogP contribution in [0, 0.1) is 19.3 Å². The zero-order valence-electron chi connectivity index (χ0n) is 9.24. The predicted molar refractivity (Wildman–Crippen MR) is 63.6 cm³/mol. The number of aryl methyl sites for hydroxylation is 2. The molecule has 0 saturated heterocycles. The van der Waals surface area contributed by atoms with Crippen LogP contribution in [-0.4, -0.2) is 11.2 Å². The maximum Gasteiger partial charge on any atom is 0.0552 e. The molecular weight excluding hydrogens is 184 g/mol. The third kappa shape index (κ3) is 4.18. The largest absolute Gasteiger partial charge is 0.393 e. The number of benzene rings is 1. The van der Waals surface area contributed by atoms with Crippen LogP contribution in [0.25, 0.3) is 0 Å². The van der Waals surface area contributed by atoms with Crippen molar-refractivity contribution in [2.75, 3.05) is 0 Å². The molecule has 0 amide bonds. The fourth-order valence-electron chi connectivity index (χ4n) is 1.61. The number of terminal acetylenes is 1. The average Bonchev–Trinajstić information content (AvgIpc) is 2.25. The van der Waals surface area contributed by atoms with Gasteiger partial charge in [-0.25, -0.2) is 0 Å². The summed E-state index contributed by atoms with van der Waals surface area (Å²) in [6, 6.07) is 8.29. The first-order valence-corrected chi connectivity index (χ1v) is 5.40. The molecule has 0 aliphatic carbocycles. The molecule has 0 radical (unpaired) electrons. The first kappa shape index (κ1) is 11.8. The molecular formula is C14H18O. The van der Waals surface area contributed by atoms with Crippen molar-refractivity contribution in [1.29, 1.82) is 0 Å². The Kier molecular flexibility index (Phi) is 4.93. The van der Waals surface area contributed by atoms with Gasteiger partial charge in [0.2, 0.25) is 0 Å². The van der Waals surface area contributed by atoms with Gasteiger partial charge in [-0.05, 0) is 37.3 Å². The van der Waals surface area contributed by atoms with Gasteiger partial charge in [-0.15, -0.1) is 12.3 Å². The van der Waals surface area contributed by atoms with Crippen LogP contribution in [0.15, 0.2) is 24.3 Å². The Labute approximate surface area is 92.1 Å². The second kappa shape index (κ2) is 6.27. The van der Waals surface area contributed by atoms with E-state index in [4.69, 9.17) is 6.42 Å². The summed E-state index contributed by atoms with van der Waals surface area (Å²) in [5.41, 5.74) is 2.61. The summed E-state index contributed by atoms with van der Waals surface area (Å²) in [5.74, 6) is 2.55. The molecule has 0 aliphatic heterocycles. The maximum absolute atomic E-state index is 9.64. The fraction of sp³-hybridized carbons (Fsp3) is 0.429. The molecule has 80 valence electrons. The highest BCUT2D eigenvalue weighted by Gasteiger charge is 2.04. The van der Waals surface area contributed by atoms with Gasteiger partial charge in [-0.3, -0.25) is 0 Å². The Morgan fingerprint density at radius 2 is 2.07 bits per heavy atom. The van der Waals surface area contributed by atoms with Gasteiger partial charge < -0.3 is 5.11 Å². The lowest BCUT2D eigenvalue weighted by atomic mass is 10.0. The first-order chi connectivity index (χ1) is 7.24. The van der Waals surface area contributed by atoms with E-state index in [2.05, 4.69) is 25.0 Å². The molecule has 0 fully saturated rings. The van der Waals surface area contributed by atoms with E-state index in [0.29, 0.717) is 12.8 Å². The number of rotatable bonds is 5. The van der Waals surface area contributed by atoms with Crippen LogP contribution in [0.5, 0.6) is 0 Å². The number of hydrogen-bond acceptors (Lipinski definition) is 1. The summed E-state index contributed by atoms with van der Waals surface area (Å²) >= 11 is 0. The van der Waals surface area contributed by atoms with E-state index >= 15 is 0 Å². The molecule has 0 spiro atoms. The second-order valence-electron chi connectivity index (χ2n) is 3.86. The highest BCUT2D eigenvalue weighted by molar-refractivity contribution is 5.25. The van der Waals surface area contributed by atoms with E-state index in [1.807, 2.05) is 12.1 Å². The van der Waals surface area contributed by atoms with Crippen molar-refractivity contribution in [2.45, 2.75) is 38.7 Å². The lowest BCUT2D eigenvalue weighted by molar-refractivity contribution is 0.156. The van der Waals surface area contributed by atoms with E-state index < -0.39 is 0 Å². The van der Waals surface area contributed by atoms with Crippen molar-refractivity contribution in [1.82, 2.24) is 0 Å². The second-order valence-corrected chi connectivity index (χ2v) is 3.86. The van der Waals surface area contributed by atoms with Gasteiger partial charge in [0, 0.05) is 6.42 Å². The fourth-order valence-corrected chi connectivity index (χ4v) is 1.61. The lowest BCUT2D eigenvalue weighted by Crippen LogP contribution is -2.07. The quantitative estimate of drug-likeness (QED) is 0.728. The van der Waals surface area contributed by atoms with Crippen LogP contribution >= 0.6 is 0 Å². The van der Waals surface area contributed by atoms with Crippen LogP contribution in [0.1, 0.15) is 30.4 Å². The predicted octanol–water partition coefficient (Wildman–Crippen LogP) is 2.70. The third-order valence-corrected chi connectivity index (χ3v) is 2.63. The molecule has 15 heavy (non-hydrogen) atoms. The highest BCUT2D eigenvalue weighted by atomic mass is 16.3. The van der Waals surface area contributed by atoms with Crippen molar-refractivity contribution >= 4 is 0 Å². The molecule has 1 nitrogen and oxygen atoms in total. The SMILES string of the molecule is C#CCCC(O)CCc1ccccc1C. The topological polar surface area (TPSA) is 20.2 Å². The Balaban J connectivity index is 2.37. The first-order valence-electron chi connectivity index (χ1n) is 5.40. The van der Waals surface area contributed by atoms with Gasteiger partial charge >= 0.3 is 0 Å². The number of aliphatic hydroxyl groups excluding tert-OH is 1. The molecule has 0 aromatic heterocycles. The van der Waals surface area contributed by atoms with Crippen molar-refractivity contribution < 1.29 is 5.11 Å². The third-order valence-electron chi connectivity index (χ3n) is 2.63. The monoisotopic (exact) mass is 202 g/mol. The van der Waals surface area contributed by atoms with Crippen molar-refractivity contribution in [3.8, 4) is 12.3 Å². The molecule has 0 heterocycles. The Morgan fingerprint density at radius 3 is 2.73 bits per heavy atom. The minimum Gasteiger partial charge on any atom is -0.393 e. The van der Waals surface area contributed by atoms with E-state index in [9.17, 15) is 5.11 Å². The highest BCUT2D eigenvalue weighted by Crippen LogP contribution is 2.12. The van der Waals surface area contributed by atoms with Crippen LogP contribution in [0.3, 0.4) is 0 Å². The Morgan fingerprint density at radius 1 is 1.33 bits per heavy atom. The average molecular weight is 202 g/mol. The summed E-state index contributed by atoms with van der Waals surface area (Å²) in [6.07, 6.45) is 7.98. The zero-order chi connectivity index (χ0) is 11.1. The number of hydrogen-bond donors (Lipinski definition) is 1. The van der Waals surface area contributed by atoms with Gasteiger partial charge in [-0.2, -0.15) is 0 Å². The minimum absolute atomic E-state index is 0.263. The summed E-state index contributed by atoms with van der Waals surface area (Å²) in [6.45, 7) is 2.10. The van der Waals surface area contributed by atoms with Gasteiger partial charge in [-0.1, -0.05) is 24.3 Å². The molecule has 0 aliphatic rings. The van der Waals surface area contributed by atoms with Crippen molar-refractivity contribution in [3.05, 3.63) is 35.4 Å². The number of aliphatic hydroxyl groups is 1.